The van der Waals surface area contributed by atoms with E-state index >= 15 is 0 Å². The van der Waals surface area contributed by atoms with E-state index in [9.17, 15) is 9.18 Å². The number of carbonyl (C=O) groups is 1. The molecule has 0 unspecified atom stereocenters. The van der Waals surface area contributed by atoms with Gasteiger partial charge in [0.2, 0.25) is 0 Å². The molecule has 0 saturated carbocycles. The number of hydrogen-bond acceptors (Lipinski definition) is 3. The van der Waals surface area contributed by atoms with Gasteiger partial charge in [-0.3, -0.25) is 4.79 Å². The SMILES string of the molecule is CN1CCN(CC(=O)c2cccc(F)c2)c2ccccc21. The van der Waals surface area contributed by atoms with Crippen molar-refractivity contribution in [1.29, 1.82) is 0 Å². The van der Waals surface area contributed by atoms with E-state index in [0.717, 1.165) is 24.5 Å². The van der Waals surface area contributed by atoms with Gasteiger partial charge < -0.3 is 9.80 Å². The average molecular weight is 284 g/mol. The van der Waals surface area contributed by atoms with Crippen molar-refractivity contribution in [2.24, 2.45) is 0 Å². The molecule has 1 heterocycles. The molecule has 2 aromatic rings. The minimum absolute atomic E-state index is 0.0612. The fourth-order valence-corrected chi connectivity index (χ4v) is 2.66. The van der Waals surface area contributed by atoms with Crippen LogP contribution in [-0.4, -0.2) is 32.5 Å². The van der Waals surface area contributed by atoms with Crippen LogP contribution in [0.5, 0.6) is 0 Å². The number of para-hydroxylation sites is 2. The molecule has 0 aliphatic carbocycles. The fraction of sp³-hybridized carbons (Fsp3) is 0.235. The van der Waals surface area contributed by atoms with E-state index in [4.69, 9.17) is 0 Å². The molecule has 3 nitrogen and oxygen atoms in total. The van der Waals surface area contributed by atoms with Crippen LogP contribution in [0.2, 0.25) is 0 Å². The lowest BCUT2D eigenvalue weighted by molar-refractivity contribution is 0.0998. The van der Waals surface area contributed by atoms with Crippen molar-refractivity contribution in [3.8, 4) is 0 Å². The average Bonchev–Trinajstić information content (AvgIpc) is 2.50. The summed E-state index contributed by atoms with van der Waals surface area (Å²) in [5, 5.41) is 0. The van der Waals surface area contributed by atoms with Gasteiger partial charge in [-0.1, -0.05) is 24.3 Å². The quantitative estimate of drug-likeness (QED) is 0.810. The molecule has 0 N–H and O–H groups in total. The summed E-state index contributed by atoms with van der Waals surface area (Å²) in [4.78, 5) is 16.6. The summed E-state index contributed by atoms with van der Waals surface area (Å²) in [6.45, 7) is 1.93. The lowest BCUT2D eigenvalue weighted by Gasteiger charge is -2.36. The van der Waals surface area contributed by atoms with Crippen molar-refractivity contribution in [3.05, 3.63) is 59.9 Å². The molecule has 0 radical (unpaired) electrons. The molecule has 0 bridgehead atoms. The van der Waals surface area contributed by atoms with Gasteiger partial charge in [-0.15, -0.1) is 0 Å². The van der Waals surface area contributed by atoms with E-state index in [2.05, 4.69) is 9.80 Å². The Balaban J connectivity index is 1.83. The number of nitrogens with zero attached hydrogens (tertiary/aromatic N) is 2. The lowest BCUT2D eigenvalue weighted by Crippen LogP contribution is -2.41. The molecule has 0 saturated heterocycles. The second-order valence-electron chi connectivity index (χ2n) is 5.27. The number of halogens is 1. The number of benzene rings is 2. The molecule has 1 aliphatic rings. The fourth-order valence-electron chi connectivity index (χ4n) is 2.66. The molecule has 4 heteroatoms. The Hall–Kier alpha value is -2.36. The predicted octanol–water partition coefficient (Wildman–Crippen LogP) is 2.96. The monoisotopic (exact) mass is 284 g/mol. The van der Waals surface area contributed by atoms with Crippen LogP contribution in [0.25, 0.3) is 0 Å². The van der Waals surface area contributed by atoms with E-state index in [1.54, 1.807) is 12.1 Å². The van der Waals surface area contributed by atoms with E-state index in [1.807, 2.05) is 31.3 Å². The standard InChI is InChI=1S/C17H17FN2O/c1-19-9-10-20(16-8-3-2-7-15(16)19)12-17(21)13-5-4-6-14(18)11-13/h2-8,11H,9-10,12H2,1H3. The third-order valence-electron chi connectivity index (χ3n) is 3.82. The molecule has 21 heavy (non-hydrogen) atoms. The van der Waals surface area contributed by atoms with Crippen molar-refractivity contribution in [2.45, 2.75) is 0 Å². The zero-order chi connectivity index (χ0) is 14.8. The number of fused-ring (bicyclic) bond motifs is 1. The van der Waals surface area contributed by atoms with Crippen molar-refractivity contribution in [2.75, 3.05) is 36.5 Å². The zero-order valence-electron chi connectivity index (χ0n) is 11.9. The smallest absolute Gasteiger partial charge is 0.182 e. The highest BCUT2D eigenvalue weighted by molar-refractivity contribution is 5.99. The highest BCUT2D eigenvalue weighted by atomic mass is 19.1. The Bertz CT molecular complexity index is 671. The first-order valence-electron chi connectivity index (χ1n) is 6.99. The van der Waals surface area contributed by atoms with Gasteiger partial charge in [0.1, 0.15) is 5.82 Å². The first-order valence-corrected chi connectivity index (χ1v) is 6.99. The van der Waals surface area contributed by atoms with Crippen LogP contribution in [0.4, 0.5) is 15.8 Å². The van der Waals surface area contributed by atoms with Crippen LogP contribution in [0, 0.1) is 5.82 Å². The number of ketones is 1. The van der Waals surface area contributed by atoms with E-state index in [-0.39, 0.29) is 18.1 Å². The van der Waals surface area contributed by atoms with E-state index in [1.165, 1.54) is 12.1 Å². The van der Waals surface area contributed by atoms with Crippen LogP contribution in [0.15, 0.2) is 48.5 Å². The molecule has 1 aliphatic heterocycles. The molecular weight excluding hydrogens is 267 g/mol. The first kappa shape index (κ1) is 13.6. The number of Topliss-reactive ketones (excluding diaryl/α,β-unsaturated/α-hetero) is 1. The van der Waals surface area contributed by atoms with Gasteiger partial charge in [0, 0.05) is 25.7 Å². The van der Waals surface area contributed by atoms with Gasteiger partial charge >= 0.3 is 0 Å². The van der Waals surface area contributed by atoms with Gasteiger partial charge in [0.25, 0.3) is 0 Å². The Labute approximate surface area is 123 Å². The Morgan fingerprint density at radius 1 is 1.10 bits per heavy atom. The van der Waals surface area contributed by atoms with Gasteiger partial charge in [-0.25, -0.2) is 4.39 Å². The maximum Gasteiger partial charge on any atom is 0.182 e. The molecule has 0 amide bonds. The Kier molecular flexibility index (Phi) is 3.60. The van der Waals surface area contributed by atoms with Gasteiger partial charge in [0.15, 0.2) is 5.78 Å². The Morgan fingerprint density at radius 3 is 2.62 bits per heavy atom. The minimum Gasteiger partial charge on any atom is -0.371 e. The maximum atomic E-state index is 13.2. The van der Waals surface area contributed by atoms with Gasteiger partial charge in [-0.2, -0.15) is 0 Å². The summed E-state index contributed by atoms with van der Waals surface area (Å²) < 4.78 is 13.2. The zero-order valence-corrected chi connectivity index (χ0v) is 11.9. The molecule has 0 spiro atoms. The number of likely N-dealkylation sites (N-methyl/N-ethyl adjacent to an activating group) is 1. The highest BCUT2D eigenvalue weighted by Gasteiger charge is 2.22. The number of anilines is 2. The van der Waals surface area contributed by atoms with Crippen molar-refractivity contribution in [3.63, 3.8) is 0 Å². The second-order valence-corrected chi connectivity index (χ2v) is 5.27. The highest BCUT2D eigenvalue weighted by Crippen LogP contribution is 2.31. The molecule has 3 rings (SSSR count). The van der Waals surface area contributed by atoms with Crippen LogP contribution in [0.1, 0.15) is 10.4 Å². The third-order valence-corrected chi connectivity index (χ3v) is 3.82. The van der Waals surface area contributed by atoms with Crippen molar-refractivity contribution in [1.82, 2.24) is 0 Å². The minimum atomic E-state index is -0.375. The lowest BCUT2D eigenvalue weighted by atomic mass is 10.1. The normalized spacial score (nSPS) is 14.0. The van der Waals surface area contributed by atoms with Crippen molar-refractivity contribution >= 4 is 17.2 Å². The topological polar surface area (TPSA) is 23.6 Å². The number of carbonyl (C=O) groups excluding carboxylic acids is 1. The molecule has 0 atom stereocenters. The summed E-state index contributed by atoms with van der Waals surface area (Å²) in [6, 6.07) is 13.9. The summed E-state index contributed by atoms with van der Waals surface area (Å²) in [5.41, 5.74) is 2.60. The number of rotatable bonds is 3. The first-order chi connectivity index (χ1) is 10.1. The van der Waals surface area contributed by atoms with E-state index in [0.29, 0.717) is 5.56 Å². The summed E-state index contributed by atoms with van der Waals surface area (Å²) in [7, 11) is 2.05. The molecule has 0 fully saturated rings. The van der Waals surface area contributed by atoms with Crippen LogP contribution < -0.4 is 9.80 Å². The number of hydrogen-bond donors (Lipinski definition) is 0. The van der Waals surface area contributed by atoms with Crippen LogP contribution in [-0.2, 0) is 0 Å². The molecule has 108 valence electrons. The summed E-state index contributed by atoms with van der Waals surface area (Å²) in [5.74, 6) is -0.437. The predicted molar refractivity (Wildman–Crippen MR) is 82.7 cm³/mol. The van der Waals surface area contributed by atoms with Gasteiger partial charge in [-0.05, 0) is 24.3 Å². The maximum absolute atomic E-state index is 13.2. The molecular formula is C17H17FN2O. The summed E-state index contributed by atoms with van der Waals surface area (Å²) >= 11 is 0. The van der Waals surface area contributed by atoms with E-state index < -0.39 is 0 Å². The summed E-state index contributed by atoms with van der Waals surface area (Å²) in [6.07, 6.45) is 0. The molecule has 0 aromatic heterocycles. The molecule has 2 aromatic carbocycles. The van der Waals surface area contributed by atoms with Crippen LogP contribution in [0.3, 0.4) is 0 Å². The Morgan fingerprint density at radius 2 is 1.86 bits per heavy atom. The van der Waals surface area contributed by atoms with Gasteiger partial charge in [0.05, 0.1) is 17.9 Å². The third kappa shape index (κ3) is 2.75. The van der Waals surface area contributed by atoms with Crippen LogP contribution >= 0.6 is 0 Å². The van der Waals surface area contributed by atoms with Crippen molar-refractivity contribution < 1.29 is 9.18 Å². The second kappa shape index (κ2) is 5.56. The largest absolute Gasteiger partial charge is 0.371 e.